The zero-order chi connectivity index (χ0) is 13.7. The Bertz CT molecular complexity index is 289. The highest BCUT2D eigenvalue weighted by molar-refractivity contribution is 5.77. The first-order valence-corrected chi connectivity index (χ1v) is 8.12. The molecule has 0 unspecified atom stereocenters. The number of amides is 1. The molecule has 2 aliphatic carbocycles. The van der Waals surface area contributed by atoms with E-state index in [1.807, 2.05) is 7.05 Å². The van der Waals surface area contributed by atoms with E-state index in [0.717, 1.165) is 18.8 Å². The Morgan fingerprint density at radius 2 is 1.74 bits per heavy atom. The van der Waals surface area contributed by atoms with Gasteiger partial charge in [-0.1, -0.05) is 26.2 Å². The van der Waals surface area contributed by atoms with Gasteiger partial charge < -0.3 is 10.6 Å². The molecule has 3 nitrogen and oxygen atoms in total. The molecule has 0 aromatic heterocycles. The van der Waals surface area contributed by atoms with Crippen LogP contribution in [0.4, 0.5) is 0 Å². The highest BCUT2D eigenvalue weighted by atomic mass is 16.1. The average molecular weight is 266 g/mol. The molecule has 0 spiro atoms. The van der Waals surface area contributed by atoms with Gasteiger partial charge in [0.25, 0.3) is 0 Å². The van der Waals surface area contributed by atoms with Crippen molar-refractivity contribution >= 4 is 5.91 Å². The van der Waals surface area contributed by atoms with Crippen LogP contribution in [0, 0.1) is 5.92 Å². The summed E-state index contributed by atoms with van der Waals surface area (Å²) in [7, 11) is 2.01. The minimum Gasteiger partial charge on any atom is -0.353 e. The summed E-state index contributed by atoms with van der Waals surface area (Å²) in [5.74, 6) is 1.10. The minimum absolute atomic E-state index is 0.0737. The summed E-state index contributed by atoms with van der Waals surface area (Å²) in [5.41, 5.74) is 0.0737. The maximum absolute atomic E-state index is 12.3. The number of hydrogen-bond donors (Lipinski definition) is 2. The topological polar surface area (TPSA) is 41.1 Å². The maximum Gasteiger partial charge on any atom is 0.222 e. The van der Waals surface area contributed by atoms with Gasteiger partial charge in [-0.15, -0.1) is 0 Å². The fourth-order valence-corrected chi connectivity index (χ4v) is 3.73. The summed E-state index contributed by atoms with van der Waals surface area (Å²) in [6, 6.07) is 0.432. The standard InChI is InChI=1S/C16H30N2O/c1-13-6-8-14(9-7-13)18-15(19)12-16(17-2)10-4-3-5-11-16/h13-14,17H,3-12H2,1-2H3,(H,18,19). The summed E-state index contributed by atoms with van der Waals surface area (Å²) in [6.07, 6.45) is 11.7. The zero-order valence-corrected chi connectivity index (χ0v) is 12.6. The summed E-state index contributed by atoms with van der Waals surface area (Å²) in [6.45, 7) is 2.32. The van der Waals surface area contributed by atoms with E-state index in [4.69, 9.17) is 0 Å². The number of hydrogen-bond acceptors (Lipinski definition) is 2. The first kappa shape index (κ1) is 14.8. The summed E-state index contributed by atoms with van der Waals surface area (Å²) in [5, 5.41) is 6.70. The molecule has 0 bridgehead atoms. The Hall–Kier alpha value is -0.570. The van der Waals surface area contributed by atoms with Gasteiger partial charge in [0.2, 0.25) is 5.91 Å². The normalized spacial score (nSPS) is 30.8. The minimum atomic E-state index is 0.0737. The van der Waals surface area contributed by atoms with Gasteiger partial charge >= 0.3 is 0 Å². The van der Waals surface area contributed by atoms with Gasteiger partial charge in [0.05, 0.1) is 0 Å². The lowest BCUT2D eigenvalue weighted by atomic mass is 9.79. The van der Waals surface area contributed by atoms with Crippen molar-refractivity contribution in [2.24, 2.45) is 5.92 Å². The van der Waals surface area contributed by atoms with Gasteiger partial charge in [-0.05, 0) is 51.5 Å². The number of rotatable bonds is 4. The van der Waals surface area contributed by atoms with Crippen LogP contribution in [0.25, 0.3) is 0 Å². The monoisotopic (exact) mass is 266 g/mol. The van der Waals surface area contributed by atoms with E-state index in [9.17, 15) is 4.79 Å². The Labute approximate surface area is 117 Å². The Morgan fingerprint density at radius 3 is 2.32 bits per heavy atom. The molecule has 2 rings (SSSR count). The first-order valence-electron chi connectivity index (χ1n) is 8.12. The number of carbonyl (C=O) groups is 1. The van der Waals surface area contributed by atoms with Gasteiger partial charge in [-0.25, -0.2) is 0 Å². The van der Waals surface area contributed by atoms with E-state index >= 15 is 0 Å². The van der Waals surface area contributed by atoms with Crippen LogP contribution in [-0.2, 0) is 4.79 Å². The third-order valence-corrected chi connectivity index (χ3v) is 5.22. The van der Waals surface area contributed by atoms with E-state index in [2.05, 4.69) is 17.6 Å². The fraction of sp³-hybridized carbons (Fsp3) is 0.938. The summed E-state index contributed by atoms with van der Waals surface area (Å²) < 4.78 is 0. The quantitative estimate of drug-likeness (QED) is 0.821. The average Bonchev–Trinajstić information content (AvgIpc) is 2.42. The van der Waals surface area contributed by atoms with E-state index in [0.29, 0.717) is 12.5 Å². The zero-order valence-electron chi connectivity index (χ0n) is 12.6. The highest BCUT2D eigenvalue weighted by Gasteiger charge is 2.33. The molecule has 2 fully saturated rings. The molecule has 0 atom stereocenters. The lowest BCUT2D eigenvalue weighted by molar-refractivity contribution is -0.123. The summed E-state index contributed by atoms with van der Waals surface area (Å²) >= 11 is 0. The Balaban J connectivity index is 1.79. The molecule has 0 radical (unpaired) electrons. The lowest BCUT2D eigenvalue weighted by Gasteiger charge is -2.37. The van der Waals surface area contributed by atoms with Crippen molar-refractivity contribution in [2.45, 2.75) is 82.7 Å². The second kappa shape index (κ2) is 6.74. The van der Waals surface area contributed by atoms with Crippen LogP contribution < -0.4 is 10.6 Å². The van der Waals surface area contributed by atoms with Gasteiger partial charge in [-0.2, -0.15) is 0 Å². The molecule has 2 saturated carbocycles. The predicted octanol–water partition coefficient (Wildman–Crippen LogP) is 2.99. The van der Waals surface area contributed by atoms with Crippen molar-refractivity contribution in [1.82, 2.24) is 10.6 Å². The maximum atomic E-state index is 12.3. The van der Waals surface area contributed by atoms with Crippen molar-refractivity contribution in [3.05, 3.63) is 0 Å². The molecular weight excluding hydrogens is 236 g/mol. The third kappa shape index (κ3) is 4.20. The SMILES string of the molecule is CNC1(CC(=O)NC2CCC(C)CC2)CCCCC1. The van der Waals surface area contributed by atoms with E-state index < -0.39 is 0 Å². The molecular formula is C16H30N2O. The number of nitrogens with one attached hydrogen (secondary N) is 2. The van der Waals surface area contributed by atoms with Gasteiger partial charge in [0.15, 0.2) is 0 Å². The highest BCUT2D eigenvalue weighted by Crippen LogP contribution is 2.31. The molecule has 0 heterocycles. The molecule has 3 heteroatoms. The van der Waals surface area contributed by atoms with Crippen LogP contribution >= 0.6 is 0 Å². The third-order valence-electron chi connectivity index (χ3n) is 5.22. The van der Waals surface area contributed by atoms with Crippen molar-refractivity contribution in [1.29, 1.82) is 0 Å². The second-order valence-corrected chi connectivity index (χ2v) is 6.79. The smallest absolute Gasteiger partial charge is 0.222 e. The predicted molar refractivity (Wildman–Crippen MR) is 79.1 cm³/mol. The second-order valence-electron chi connectivity index (χ2n) is 6.79. The fourth-order valence-electron chi connectivity index (χ4n) is 3.73. The van der Waals surface area contributed by atoms with Crippen molar-refractivity contribution in [3.8, 4) is 0 Å². The molecule has 2 aliphatic rings. The molecule has 19 heavy (non-hydrogen) atoms. The molecule has 110 valence electrons. The lowest BCUT2D eigenvalue weighted by Crippen LogP contribution is -2.49. The van der Waals surface area contributed by atoms with Crippen molar-refractivity contribution in [2.75, 3.05) is 7.05 Å². The van der Waals surface area contributed by atoms with Gasteiger partial charge in [0, 0.05) is 18.0 Å². The van der Waals surface area contributed by atoms with Gasteiger partial charge in [0.1, 0.15) is 0 Å². The van der Waals surface area contributed by atoms with Crippen LogP contribution in [0.15, 0.2) is 0 Å². The summed E-state index contributed by atoms with van der Waals surface area (Å²) in [4.78, 5) is 12.3. The van der Waals surface area contributed by atoms with Crippen LogP contribution in [-0.4, -0.2) is 24.5 Å². The molecule has 0 aromatic rings. The Morgan fingerprint density at radius 1 is 1.11 bits per heavy atom. The van der Waals surface area contributed by atoms with Crippen molar-refractivity contribution < 1.29 is 4.79 Å². The largest absolute Gasteiger partial charge is 0.353 e. The van der Waals surface area contributed by atoms with Crippen LogP contribution in [0.5, 0.6) is 0 Å². The van der Waals surface area contributed by atoms with E-state index in [1.165, 1.54) is 44.9 Å². The van der Waals surface area contributed by atoms with E-state index in [-0.39, 0.29) is 11.4 Å². The molecule has 0 aromatic carbocycles. The molecule has 2 N–H and O–H groups in total. The first-order chi connectivity index (χ1) is 9.13. The molecule has 0 aliphatic heterocycles. The van der Waals surface area contributed by atoms with Crippen LogP contribution in [0.1, 0.15) is 71.1 Å². The van der Waals surface area contributed by atoms with Crippen molar-refractivity contribution in [3.63, 3.8) is 0 Å². The molecule has 1 amide bonds. The van der Waals surface area contributed by atoms with Crippen LogP contribution in [0.2, 0.25) is 0 Å². The van der Waals surface area contributed by atoms with E-state index in [1.54, 1.807) is 0 Å². The van der Waals surface area contributed by atoms with Crippen LogP contribution in [0.3, 0.4) is 0 Å². The Kier molecular flexibility index (Phi) is 5.26. The number of carbonyl (C=O) groups excluding carboxylic acids is 1. The molecule has 0 saturated heterocycles. The van der Waals surface area contributed by atoms with Gasteiger partial charge in [-0.3, -0.25) is 4.79 Å².